The van der Waals surface area contributed by atoms with Gasteiger partial charge in [-0.3, -0.25) is 0 Å². The van der Waals surface area contributed by atoms with E-state index in [0.717, 1.165) is 27.1 Å². The maximum atomic E-state index is 12.5. The van der Waals surface area contributed by atoms with Crippen LogP contribution in [0, 0.1) is 17.2 Å². The normalized spacial score (nSPS) is 19.2. The molecule has 12 heteroatoms. The van der Waals surface area contributed by atoms with Gasteiger partial charge >= 0.3 is 0 Å². The average Bonchev–Trinajstić information content (AvgIpc) is 3.67. The molecule has 3 N–H and O–H groups in total. The molecule has 3 aromatic heterocycles. The van der Waals surface area contributed by atoms with E-state index in [1.165, 1.54) is 18.0 Å². The van der Waals surface area contributed by atoms with Crippen LogP contribution in [0.5, 0.6) is 0 Å². The first-order valence-electron chi connectivity index (χ1n) is 13.0. The van der Waals surface area contributed by atoms with Gasteiger partial charge in [-0.05, 0) is 47.9 Å². The molecule has 0 spiro atoms. The molecule has 0 bridgehead atoms. The third kappa shape index (κ3) is 4.57. The first-order valence-corrected chi connectivity index (χ1v) is 14.5. The van der Waals surface area contributed by atoms with Crippen molar-refractivity contribution in [1.29, 1.82) is 5.26 Å². The Kier molecular flexibility index (Phi) is 6.20. The molecule has 1 aliphatic carbocycles. The summed E-state index contributed by atoms with van der Waals surface area (Å²) in [7, 11) is -3.46. The van der Waals surface area contributed by atoms with Crippen molar-refractivity contribution in [3.05, 3.63) is 54.6 Å². The molecule has 1 aliphatic heterocycles. The van der Waals surface area contributed by atoms with Gasteiger partial charge in [-0.1, -0.05) is 19.9 Å². The highest BCUT2D eigenvalue weighted by Gasteiger charge is 2.38. The summed E-state index contributed by atoms with van der Waals surface area (Å²) in [5.74, 6) is 1.96. The lowest BCUT2D eigenvalue weighted by Gasteiger charge is -2.47. The number of aromatic nitrogens is 5. The highest BCUT2D eigenvalue weighted by atomic mass is 32.2. The molecule has 2 atom stereocenters. The number of nitrogens with two attached hydrogens (primary N) is 1. The summed E-state index contributed by atoms with van der Waals surface area (Å²) in [6.07, 6.45) is 7.96. The Bertz CT molecular complexity index is 1710. The van der Waals surface area contributed by atoms with E-state index in [1.807, 2.05) is 12.3 Å². The molecule has 1 aromatic carbocycles. The lowest BCUT2D eigenvalue weighted by Crippen LogP contribution is -2.61. The van der Waals surface area contributed by atoms with Crippen LogP contribution in [-0.2, 0) is 10.0 Å². The van der Waals surface area contributed by atoms with E-state index in [1.54, 1.807) is 12.3 Å². The largest absolute Gasteiger partial charge is 0.355 e. The first-order chi connectivity index (χ1) is 18.8. The van der Waals surface area contributed by atoms with Gasteiger partial charge in [0.1, 0.15) is 11.6 Å². The lowest BCUT2D eigenvalue weighted by atomic mass is 9.89. The topological polar surface area (TPSA) is 156 Å². The van der Waals surface area contributed by atoms with Crippen LogP contribution in [0.4, 0.5) is 17.3 Å². The Morgan fingerprint density at radius 3 is 2.69 bits per heavy atom. The van der Waals surface area contributed by atoms with Crippen LogP contribution < -0.4 is 16.0 Å². The Morgan fingerprint density at radius 1 is 1.15 bits per heavy atom. The van der Waals surface area contributed by atoms with Gasteiger partial charge in [0, 0.05) is 42.4 Å². The summed E-state index contributed by atoms with van der Waals surface area (Å²) in [6, 6.07) is 10.2. The summed E-state index contributed by atoms with van der Waals surface area (Å²) in [6.45, 7) is 5.05. The number of rotatable bonds is 8. The average molecular weight is 544 g/mol. The van der Waals surface area contributed by atoms with Crippen molar-refractivity contribution in [2.75, 3.05) is 16.8 Å². The Morgan fingerprint density at radius 2 is 1.97 bits per heavy atom. The maximum absolute atomic E-state index is 12.5. The lowest BCUT2D eigenvalue weighted by molar-refractivity contribution is 0.305. The first kappa shape index (κ1) is 25.2. The fraction of sp³-hybridized carbons (Fsp3) is 0.370. The quantitative estimate of drug-likeness (QED) is 0.336. The van der Waals surface area contributed by atoms with Gasteiger partial charge in [0.2, 0.25) is 0 Å². The van der Waals surface area contributed by atoms with E-state index in [9.17, 15) is 8.42 Å². The zero-order chi connectivity index (χ0) is 27.3. The monoisotopic (exact) mass is 543 g/mol. The smallest absolute Gasteiger partial charge is 0.256 e. The number of nitriles is 1. The van der Waals surface area contributed by atoms with Crippen LogP contribution in [-0.4, -0.2) is 50.5 Å². The van der Waals surface area contributed by atoms with E-state index in [4.69, 9.17) is 11.0 Å². The zero-order valence-electron chi connectivity index (χ0n) is 21.7. The minimum Gasteiger partial charge on any atom is -0.355 e. The van der Waals surface area contributed by atoms with Crippen molar-refractivity contribution in [1.82, 2.24) is 24.1 Å². The van der Waals surface area contributed by atoms with Crippen LogP contribution in [0.15, 0.2) is 49.1 Å². The molecule has 1 saturated carbocycles. The SMILES string of the molecule is CC(C)c1ccc(N2C[C@H](CC#N)[C@H]2N)c2cnc(Nc3ccnc(-c4cnn(S(=O)(=O)C5CC5)c4)n3)cc12. The number of fused-ring (bicyclic) bond motifs is 1. The second-order valence-corrected chi connectivity index (χ2v) is 12.5. The van der Waals surface area contributed by atoms with Gasteiger partial charge in [0.05, 0.1) is 35.4 Å². The minimum atomic E-state index is -3.46. The van der Waals surface area contributed by atoms with Crippen molar-refractivity contribution in [3.8, 4) is 17.5 Å². The molecule has 11 nitrogen and oxygen atoms in total. The fourth-order valence-electron chi connectivity index (χ4n) is 5.01. The van der Waals surface area contributed by atoms with Crippen molar-refractivity contribution < 1.29 is 8.42 Å². The fourth-order valence-corrected chi connectivity index (χ4v) is 6.48. The van der Waals surface area contributed by atoms with E-state index < -0.39 is 10.0 Å². The van der Waals surface area contributed by atoms with E-state index in [2.05, 4.69) is 62.3 Å². The second kappa shape index (κ2) is 9.59. The molecule has 200 valence electrons. The molecule has 4 aromatic rings. The van der Waals surface area contributed by atoms with E-state index >= 15 is 0 Å². The highest BCUT2D eigenvalue weighted by Crippen LogP contribution is 2.39. The maximum Gasteiger partial charge on any atom is 0.256 e. The standard InChI is InChI=1S/C27H29N9O2S/c1-16(2)20-5-6-23(35-14-17(7-9-28)26(35)29)22-13-31-25(11-21(20)22)33-24-8-10-30-27(34-24)18-12-32-36(15-18)39(37,38)19-3-4-19/h5-6,8,10-13,15-17,19,26H,3-4,7,14,29H2,1-2H3,(H,30,31,33,34)/t17-,26-/m0/s1. The van der Waals surface area contributed by atoms with Crippen molar-refractivity contribution in [3.63, 3.8) is 0 Å². The number of nitrogens with one attached hydrogen (secondary N) is 1. The predicted octanol–water partition coefficient (Wildman–Crippen LogP) is 3.73. The molecule has 4 heterocycles. The minimum absolute atomic E-state index is 0.164. The number of benzene rings is 1. The van der Waals surface area contributed by atoms with Crippen molar-refractivity contribution in [2.45, 2.75) is 50.4 Å². The summed E-state index contributed by atoms with van der Waals surface area (Å²) < 4.78 is 26.0. The number of nitrogens with zero attached hydrogens (tertiary/aromatic N) is 7. The van der Waals surface area contributed by atoms with Crippen molar-refractivity contribution in [2.24, 2.45) is 11.7 Å². The summed E-state index contributed by atoms with van der Waals surface area (Å²) >= 11 is 0. The van der Waals surface area contributed by atoms with Crippen LogP contribution in [0.3, 0.4) is 0 Å². The molecular formula is C27H29N9O2S. The van der Waals surface area contributed by atoms with E-state index in [-0.39, 0.29) is 17.3 Å². The molecule has 2 aliphatic rings. The molecule has 0 radical (unpaired) electrons. The zero-order valence-corrected chi connectivity index (χ0v) is 22.5. The Hall–Kier alpha value is -4.08. The van der Waals surface area contributed by atoms with Gasteiger partial charge in [-0.25, -0.2) is 23.4 Å². The van der Waals surface area contributed by atoms with E-state index in [0.29, 0.717) is 48.2 Å². The molecule has 2 fully saturated rings. The molecule has 39 heavy (non-hydrogen) atoms. The number of hydrogen-bond donors (Lipinski definition) is 2. The summed E-state index contributed by atoms with van der Waals surface area (Å²) in [5, 5.41) is 18.1. The number of anilines is 3. The van der Waals surface area contributed by atoms with Crippen LogP contribution in [0.1, 0.15) is 44.6 Å². The molecule has 1 saturated heterocycles. The molecular weight excluding hydrogens is 514 g/mol. The Balaban J connectivity index is 1.29. The molecule has 0 amide bonds. The number of pyridine rings is 1. The van der Waals surface area contributed by atoms with Crippen molar-refractivity contribution >= 4 is 38.1 Å². The van der Waals surface area contributed by atoms with Crippen LogP contribution in [0.2, 0.25) is 0 Å². The van der Waals surface area contributed by atoms with Gasteiger partial charge in [0.25, 0.3) is 10.0 Å². The number of hydrogen-bond acceptors (Lipinski definition) is 10. The Labute approximate surface area is 226 Å². The van der Waals surface area contributed by atoms with Crippen LogP contribution in [0.25, 0.3) is 22.2 Å². The summed E-state index contributed by atoms with van der Waals surface area (Å²) in [4.78, 5) is 15.7. The van der Waals surface area contributed by atoms with Gasteiger partial charge in [0.15, 0.2) is 5.82 Å². The van der Waals surface area contributed by atoms with Crippen LogP contribution >= 0.6 is 0 Å². The predicted molar refractivity (Wildman–Crippen MR) is 149 cm³/mol. The van der Waals surface area contributed by atoms with Gasteiger partial charge < -0.3 is 16.0 Å². The third-order valence-corrected chi connectivity index (χ3v) is 9.44. The third-order valence-electron chi connectivity index (χ3n) is 7.41. The molecule has 6 rings (SSSR count). The molecule has 0 unspecified atom stereocenters. The second-order valence-electron chi connectivity index (χ2n) is 10.4. The highest BCUT2D eigenvalue weighted by molar-refractivity contribution is 7.90. The summed E-state index contributed by atoms with van der Waals surface area (Å²) in [5.41, 5.74) is 9.12. The van der Waals surface area contributed by atoms with Gasteiger partial charge in [-0.2, -0.15) is 14.4 Å². The van der Waals surface area contributed by atoms with Gasteiger partial charge in [-0.15, -0.1) is 0 Å².